The maximum Gasteiger partial charge on any atom is 0.416 e. The quantitative estimate of drug-likeness (QED) is 0.375. The first-order valence-corrected chi connectivity index (χ1v) is 12.7. The highest BCUT2D eigenvalue weighted by Gasteiger charge is 2.33. The second-order valence-electron chi connectivity index (χ2n) is 9.50. The predicted molar refractivity (Wildman–Crippen MR) is 139 cm³/mol. The van der Waals surface area contributed by atoms with Gasteiger partial charge in [-0.05, 0) is 35.7 Å². The first-order chi connectivity index (χ1) is 18.7. The van der Waals surface area contributed by atoms with Crippen molar-refractivity contribution in [2.75, 3.05) is 54.0 Å². The molecule has 1 amide bonds. The van der Waals surface area contributed by atoms with Gasteiger partial charge in [-0.15, -0.1) is 0 Å². The minimum absolute atomic E-state index is 0.237. The minimum atomic E-state index is -4.37. The average Bonchev–Trinajstić information content (AvgIpc) is 3.40. The molecule has 3 aromatic rings. The molecule has 1 aliphatic heterocycles. The molecule has 0 saturated carbocycles. The Morgan fingerprint density at radius 3 is 2.33 bits per heavy atom. The van der Waals surface area contributed by atoms with E-state index in [-0.39, 0.29) is 23.7 Å². The van der Waals surface area contributed by atoms with E-state index in [9.17, 15) is 18.0 Å². The van der Waals surface area contributed by atoms with Crippen LogP contribution >= 0.6 is 0 Å². The fraction of sp³-hybridized carbons (Fsp3) is 0.429. The zero-order valence-corrected chi connectivity index (χ0v) is 22.3. The van der Waals surface area contributed by atoms with Crippen molar-refractivity contribution in [2.45, 2.75) is 25.7 Å². The van der Waals surface area contributed by atoms with E-state index in [1.165, 1.54) is 18.4 Å². The van der Waals surface area contributed by atoms with E-state index in [0.717, 1.165) is 11.6 Å². The molecule has 0 unspecified atom stereocenters. The third-order valence-corrected chi connectivity index (χ3v) is 6.84. The van der Waals surface area contributed by atoms with E-state index < -0.39 is 11.7 Å². The molecule has 1 saturated heterocycles. The van der Waals surface area contributed by atoms with Crippen molar-refractivity contribution in [3.05, 3.63) is 77.0 Å². The van der Waals surface area contributed by atoms with Gasteiger partial charge in [-0.3, -0.25) is 14.6 Å². The smallest absolute Gasteiger partial charge is 0.416 e. The molecule has 210 valence electrons. The average molecular weight is 547 g/mol. The number of aromatic nitrogens is 1. The van der Waals surface area contributed by atoms with Gasteiger partial charge in [0, 0.05) is 46.3 Å². The van der Waals surface area contributed by atoms with Crippen molar-refractivity contribution in [2.24, 2.45) is 0 Å². The minimum Gasteiger partial charge on any atom is -0.493 e. The number of alkyl halides is 3. The number of likely N-dealkylation sites (N-methyl/N-ethyl adjacent to an activating group) is 1. The largest absolute Gasteiger partial charge is 0.493 e. The summed E-state index contributed by atoms with van der Waals surface area (Å²) in [5, 5.41) is 0. The lowest BCUT2D eigenvalue weighted by Crippen LogP contribution is -2.45. The molecule has 2 aromatic carbocycles. The summed E-state index contributed by atoms with van der Waals surface area (Å²) >= 11 is 0. The molecule has 1 fully saturated rings. The predicted octanol–water partition coefficient (Wildman–Crippen LogP) is 4.34. The monoisotopic (exact) mass is 546 g/mol. The highest BCUT2D eigenvalue weighted by atomic mass is 19.4. The van der Waals surface area contributed by atoms with Crippen LogP contribution in [0.25, 0.3) is 0 Å². The molecule has 0 spiro atoms. The number of rotatable bonds is 10. The number of benzene rings is 2. The number of amides is 1. The molecule has 1 aliphatic rings. The summed E-state index contributed by atoms with van der Waals surface area (Å²) in [5.74, 6) is 1.48. The molecule has 0 radical (unpaired) electrons. The van der Waals surface area contributed by atoms with Crippen LogP contribution in [0.15, 0.2) is 53.1 Å². The molecule has 39 heavy (non-hydrogen) atoms. The Bertz CT molecular complexity index is 1260. The lowest BCUT2D eigenvalue weighted by Gasteiger charge is -2.34. The number of ether oxygens (including phenoxy) is 2. The van der Waals surface area contributed by atoms with Gasteiger partial charge in [0.1, 0.15) is 6.26 Å². The molecular weight excluding hydrogens is 513 g/mol. The molecule has 1 aromatic heterocycles. The summed E-state index contributed by atoms with van der Waals surface area (Å²) in [5.41, 5.74) is 0.944. The first kappa shape index (κ1) is 28.4. The summed E-state index contributed by atoms with van der Waals surface area (Å²) in [6.45, 7) is 3.72. The molecule has 4 rings (SSSR count). The van der Waals surface area contributed by atoms with E-state index in [1.54, 1.807) is 32.2 Å². The zero-order valence-electron chi connectivity index (χ0n) is 22.3. The number of oxazole rings is 1. The molecular formula is C28H33F3N4O4. The number of hydrogen-bond acceptors (Lipinski definition) is 7. The second kappa shape index (κ2) is 12.5. The van der Waals surface area contributed by atoms with Gasteiger partial charge < -0.3 is 18.8 Å². The van der Waals surface area contributed by atoms with Crippen molar-refractivity contribution < 1.29 is 31.9 Å². The van der Waals surface area contributed by atoms with Gasteiger partial charge in [-0.1, -0.05) is 24.3 Å². The van der Waals surface area contributed by atoms with Crippen LogP contribution in [0.2, 0.25) is 0 Å². The van der Waals surface area contributed by atoms with Gasteiger partial charge in [0.15, 0.2) is 17.2 Å². The summed E-state index contributed by atoms with van der Waals surface area (Å²) < 4.78 is 56.1. The molecule has 2 heterocycles. The summed E-state index contributed by atoms with van der Waals surface area (Å²) in [7, 11) is 4.88. The Balaban J connectivity index is 1.25. The van der Waals surface area contributed by atoms with Crippen LogP contribution in [0.3, 0.4) is 0 Å². The van der Waals surface area contributed by atoms with Gasteiger partial charge in [-0.2, -0.15) is 13.2 Å². The lowest BCUT2D eigenvalue weighted by molar-refractivity contribution is -0.138. The first-order valence-electron chi connectivity index (χ1n) is 12.7. The maximum atomic E-state index is 13.3. The molecule has 11 heteroatoms. The van der Waals surface area contributed by atoms with E-state index >= 15 is 0 Å². The number of hydrogen-bond donors (Lipinski definition) is 0. The van der Waals surface area contributed by atoms with Gasteiger partial charge in [0.05, 0.1) is 26.3 Å². The van der Waals surface area contributed by atoms with Crippen molar-refractivity contribution >= 4 is 5.91 Å². The highest BCUT2D eigenvalue weighted by molar-refractivity contribution is 5.91. The van der Waals surface area contributed by atoms with Crippen LogP contribution in [0.1, 0.15) is 33.1 Å². The molecule has 0 N–H and O–H groups in total. The van der Waals surface area contributed by atoms with Crippen LogP contribution in [0.4, 0.5) is 13.2 Å². The Morgan fingerprint density at radius 2 is 1.67 bits per heavy atom. The number of carbonyl (C=O) groups is 1. The van der Waals surface area contributed by atoms with Crippen molar-refractivity contribution in [1.82, 2.24) is 19.7 Å². The Labute approximate surface area is 225 Å². The standard InChI is InChI=1S/C28H33F3N4O4/c1-33(11-10-20-8-9-24(37-2)25(16-20)38-3)27(36)23-19-39-26(32-23)18-35-14-12-34(13-15-35)17-21-6-4-5-7-22(21)28(29,30)31/h4-9,16,19H,10-15,17-18H2,1-3H3. The number of halogens is 3. The summed E-state index contributed by atoms with van der Waals surface area (Å²) in [6, 6.07) is 11.4. The SMILES string of the molecule is COc1ccc(CCN(C)C(=O)c2coc(CN3CCN(Cc4ccccc4C(F)(F)F)CC3)n2)cc1OC. The molecule has 0 bridgehead atoms. The zero-order chi connectivity index (χ0) is 28.0. The van der Waals surface area contributed by atoms with Crippen LogP contribution in [-0.2, 0) is 25.7 Å². The molecule has 8 nitrogen and oxygen atoms in total. The van der Waals surface area contributed by atoms with Crippen LogP contribution in [-0.4, -0.2) is 79.6 Å². The van der Waals surface area contributed by atoms with Crippen LogP contribution < -0.4 is 9.47 Å². The van der Waals surface area contributed by atoms with E-state index in [1.807, 2.05) is 23.1 Å². The molecule has 0 aliphatic carbocycles. The van der Waals surface area contributed by atoms with Crippen molar-refractivity contribution in [1.29, 1.82) is 0 Å². The van der Waals surface area contributed by atoms with Crippen molar-refractivity contribution in [3.63, 3.8) is 0 Å². The van der Waals surface area contributed by atoms with E-state index in [0.29, 0.717) is 63.1 Å². The highest BCUT2D eigenvalue weighted by Crippen LogP contribution is 2.32. The van der Waals surface area contributed by atoms with Gasteiger partial charge >= 0.3 is 6.18 Å². The maximum absolute atomic E-state index is 13.3. The normalized spacial score (nSPS) is 14.8. The Hall–Kier alpha value is -3.57. The van der Waals surface area contributed by atoms with Crippen LogP contribution in [0.5, 0.6) is 11.5 Å². The third kappa shape index (κ3) is 7.30. The van der Waals surface area contributed by atoms with Gasteiger partial charge in [-0.25, -0.2) is 4.98 Å². The van der Waals surface area contributed by atoms with Gasteiger partial charge in [0.2, 0.25) is 5.89 Å². The van der Waals surface area contributed by atoms with Gasteiger partial charge in [0.25, 0.3) is 5.91 Å². The molecule has 0 atom stereocenters. The van der Waals surface area contributed by atoms with Crippen LogP contribution in [0, 0.1) is 0 Å². The number of carbonyl (C=O) groups excluding carboxylic acids is 1. The summed E-state index contributed by atoms with van der Waals surface area (Å²) in [6.07, 6.45) is -2.37. The Morgan fingerprint density at radius 1 is 1.00 bits per heavy atom. The fourth-order valence-electron chi connectivity index (χ4n) is 4.58. The Kier molecular flexibility index (Phi) is 9.13. The van der Waals surface area contributed by atoms with Crippen molar-refractivity contribution in [3.8, 4) is 11.5 Å². The summed E-state index contributed by atoms with van der Waals surface area (Å²) in [4.78, 5) is 23.0. The third-order valence-electron chi connectivity index (χ3n) is 6.84. The van der Waals surface area contributed by atoms with E-state index in [4.69, 9.17) is 13.9 Å². The lowest BCUT2D eigenvalue weighted by atomic mass is 10.1. The van der Waals surface area contributed by atoms with E-state index in [2.05, 4.69) is 9.88 Å². The second-order valence-corrected chi connectivity index (χ2v) is 9.50. The fourth-order valence-corrected chi connectivity index (χ4v) is 4.58. The topological polar surface area (TPSA) is 71.3 Å². The number of nitrogens with zero attached hydrogens (tertiary/aromatic N) is 4. The number of methoxy groups -OCH3 is 2. The number of piperazine rings is 1.